The number of alkyl halides is 3. The molecule has 0 N–H and O–H groups in total. The van der Waals surface area contributed by atoms with Gasteiger partial charge in [0.05, 0.1) is 11.9 Å². The number of rotatable bonds is 2. The molecule has 2 rings (SSSR count). The van der Waals surface area contributed by atoms with Crippen molar-refractivity contribution in [3.63, 3.8) is 0 Å². The Balaban J connectivity index is 2.42. The number of imidazole rings is 1. The van der Waals surface area contributed by atoms with Crippen LogP contribution in [0.15, 0.2) is 30.7 Å². The van der Waals surface area contributed by atoms with Crippen LogP contribution in [0.4, 0.5) is 13.2 Å². The largest absolute Gasteiger partial charge is 0.416 e. The summed E-state index contributed by atoms with van der Waals surface area (Å²) in [6.07, 6.45) is -0.928. The summed E-state index contributed by atoms with van der Waals surface area (Å²) >= 11 is 0. The SMILES string of the molecule is Cc1ccc(Cc2cncn2C)c(C(F)(F)F)c1. The van der Waals surface area contributed by atoms with Crippen LogP contribution >= 0.6 is 0 Å². The number of aryl methyl sites for hydroxylation is 2. The Bertz CT molecular complexity index is 556. The van der Waals surface area contributed by atoms with Gasteiger partial charge in [0.15, 0.2) is 0 Å². The minimum absolute atomic E-state index is 0.228. The molecule has 0 aliphatic rings. The smallest absolute Gasteiger partial charge is 0.337 e. The molecule has 0 amide bonds. The summed E-state index contributed by atoms with van der Waals surface area (Å²) in [7, 11) is 1.77. The number of hydrogen-bond donors (Lipinski definition) is 0. The summed E-state index contributed by atoms with van der Waals surface area (Å²) < 4.78 is 40.5. The fourth-order valence-electron chi connectivity index (χ4n) is 1.86. The standard InChI is InChI=1S/C13H13F3N2/c1-9-3-4-10(12(5-9)13(14,15)16)6-11-7-17-8-18(11)2/h3-5,7-8H,6H2,1-2H3. The van der Waals surface area contributed by atoms with E-state index in [9.17, 15) is 13.2 Å². The first-order valence-corrected chi connectivity index (χ1v) is 5.50. The fourth-order valence-corrected chi connectivity index (χ4v) is 1.86. The lowest BCUT2D eigenvalue weighted by Gasteiger charge is -2.13. The molecule has 0 aliphatic heterocycles. The molecule has 0 spiro atoms. The highest BCUT2D eigenvalue weighted by Gasteiger charge is 2.33. The molecule has 5 heteroatoms. The molecule has 18 heavy (non-hydrogen) atoms. The molecule has 0 unspecified atom stereocenters. The summed E-state index contributed by atoms with van der Waals surface area (Å²) in [6, 6.07) is 4.41. The quantitative estimate of drug-likeness (QED) is 0.803. The Kier molecular flexibility index (Phi) is 3.15. The molecule has 2 nitrogen and oxygen atoms in total. The van der Waals surface area contributed by atoms with Gasteiger partial charge in [0.2, 0.25) is 0 Å². The number of halogens is 3. The van der Waals surface area contributed by atoms with Gasteiger partial charge in [0.1, 0.15) is 0 Å². The van der Waals surface area contributed by atoms with Crippen LogP contribution in [0.2, 0.25) is 0 Å². The van der Waals surface area contributed by atoms with Gasteiger partial charge in [-0.1, -0.05) is 17.7 Å². The van der Waals surface area contributed by atoms with Crippen molar-refractivity contribution >= 4 is 0 Å². The van der Waals surface area contributed by atoms with Crippen LogP contribution in [0.25, 0.3) is 0 Å². The average Bonchev–Trinajstić information content (AvgIpc) is 2.66. The minimum atomic E-state index is -4.32. The highest BCUT2D eigenvalue weighted by molar-refractivity contribution is 5.36. The van der Waals surface area contributed by atoms with E-state index in [1.165, 1.54) is 12.1 Å². The normalized spacial score (nSPS) is 11.8. The molecule has 0 fully saturated rings. The molecule has 0 saturated carbocycles. The second-order valence-electron chi connectivity index (χ2n) is 4.33. The average molecular weight is 254 g/mol. The van der Waals surface area contributed by atoms with E-state index in [-0.39, 0.29) is 12.0 Å². The first-order valence-electron chi connectivity index (χ1n) is 5.50. The van der Waals surface area contributed by atoms with E-state index >= 15 is 0 Å². The van der Waals surface area contributed by atoms with Crippen molar-refractivity contribution in [1.29, 1.82) is 0 Å². The zero-order chi connectivity index (χ0) is 13.3. The molecule has 1 heterocycles. The van der Waals surface area contributed by atoms with Crippen LogP contribution in [0.5, 0.6) is 0 Å². The molecule has 0 atom stereocenters. The highest BCUT2D eigenvalue weighted by atomic mass is 19.4. The third kappa shape index (κ3) is 2.55. The molecule has 1 aromatic carbocycles. The van der Waals surface area contributed by atoms with Crippen LogP contribution in [-0.4, -0.2) is 9.55 Å². The van der Waals surface area contributed by atoms with Crippen LogP contribution in [0, 0.1) is 6.92 Å². The molecule has 0 radical (unpaired) electrons. The zero-order valence-electron chi connectivity index (χ0n) is 10.1. The minimum Gasteiger partial charge on any atom is -0.337 e. The van der Waals surface area contributed by atoms with E-state index < -0.39 is 11.7 Å². The number of aromatic nitrogens is 2. The monoisotopic (exact) mass is 254 g/mol. The number of benzene rings is 1. The van der Waals surface area contributed by atoms with Crippen LogP contribution in [0.3, 0.4) is 0 Å². The van der Waals surface area contributed by atoms with E-state index in [0.717, 1.165) is 5.69 Å². The van der Waals surface area contributed by atoms with Crippen molar-refractivity contribution in [2.45, 2.75) is 19.5 Å². The molecule has 96 valence electrons. The van der Waals surface area contributed by atoms with E-state index in [0.29, 0.717) is 5.56 Å². The van der Waals surface area contributed by atoms with Gasteiger partial charge in [0.25, 0.3) is 0 Å². The summed E-state index contributed by atoms with van der Waals surface area (Å²) in [5.41, 5.74) is 1.07. The van der Waals surface area contributed by atoms with Gasteiger partial charge >= 0.3 is 6.18 Å². The van der Waals surface area contributed by atoms with Gasteiger partial charge < -0.3 is 4.57 Å². The predicted octanol–water partition coefficient (Wildman–Crippen LogP) is 3.34. The lowest BCUT2D eigenvalue weighted by Crippen LogP contribution is -2.10. The number of hydrogen-bond acceptors (Lipinski definition) is 1. The van der Waals surface area contributed by atoms with E-state index in [4.69, 9.17) is 0 Å². The molecular weight excluding hydrogens is 241 g/mol. The Hall–Kier alpha value is -1.78. The lowest BCUT2D eigenvalue weighted by molar-refractivity contribution is -0.138. The Morgan fingerprint density at radius 1 is 1.28 bits per heavy atom. The lowest BCUT2D eigenvalue weighted by atomic mass is 10.0. The van der Waals surface area contributed by atoms with Gasteiger partial charge in [-0.25, -0.2) is 4.98 Å². The van der Waals surface area contributed by atoms with Gasteiger partial charge in [-0.3, -0.25) is 0 Å². The van der Waals surface area contributed by atoms with Crippen molar-refractivity contribution in [1.82, 2.24) is 9.55 Å². The van der Waals surface area contributed by atoms with Gasteiger partial charge in [-0.2, -0.15) is 13.2 Å². The van der Waals surface area contributed by atoms with Crippen LogP contribution < -0.4 is 0 Å². The summed E-state index contributed by atoms with van der Waals surface area (Å²) in [5.74, 6) is 0. The maximum absolute atomic E-state index is 12.9. The highest BCUT2D eigenvalue weighted by Crippen LogP contribution is 2.33. The predicted molar refractivity (Wildman–Crippen MR) is 62.2 cm³/mol. The zero-order valence-corrected chi connectivity index (χ0v) is 10.1. The molecule has 2 aromatic rings. The summed E-state index contributed by atoms with van der Waals surface area (Å²) in [4.78, 5) is 3.91. The van der Waals surface area contributed by atoms with Gasteiger partial charge in [-0.05, 0) is 18.6 Å². The summed E-state index contributed by atoms with van der Waals surface area (Å²) in [5, 5.41) is 0. The first-order chi connectivity index (χ1) is 8.38. The van der Waals surface area contributed by atoms with Crippen molar-refractivity contribution in [2.75, 3.05) is 0 Å². The third-order valence-electron chi connectivity index (χ3n) is 2.86. The third-order valence-corrected chi connectivity index (χ3v) is 2.86. The Morgan fingerprint density at radius 3 is 2.56 bits per heavy atom. The van der Waals surface area contributed by atoms with E-state index in [1.54, 1.807) is 37.1 Å². The van der Waals surface area contributed by atoms with E-state index in [2.05, 4.69) is 4.98 Å². The van der Waals surface area contributed by atoms with E-state index in [1.807, 2.05) is 0 Å². The maximum Gasteiger partial charge on any atom is 0.416 e. The number of nitrogens with zero attached hydrogens (tertiary/aromatic N) is 2. The topological polar surface area (TPSA) is 17.8 Å². The Morgan fingerprint density at radius 2 is 2.00 bits per heavy atom. The fraction of sp³-hybridized carbons (Fsp3) is 0.308. The Labute approximate surface area is 103 Å². The first kappa shape index (κ1) is 12.7. The molecular formula is C13H13F3N2. The van der Waals surface area contributed by atoms with Crippen molar-refractivity contribution in [3.05, 3.63) is 53.1 Å². The molecule has 1 aromatic heterocycles. The van der Waals surface area contributed by atoms with Crippen LogP contribution in [-0.2, 0) is 19.6 Å². The molecule has 0 bridgehead atoms. The van der Waals surface area contributed by atoms with Crippen molar-refractivity contribution < 1.29 is 13.2 Å². The van der Waals surface area contributed by atoms with Crippen molar-refractivity contribution in [2.24, 2.45) is 7.05 Å². The van der Waals surface area contributed by atoms with Crippen LogP contribution in [0.1, 0.15) is 22.4 Å². The molecule has 0 aliphatic carbocycles. The van der Waals surface area contributed by atoms with Gasteiger partial charge in [0, 0.05) is 25.4 Å². The summed E-state index contributed by atoms with van der Waals surface area (Å²) in [6.45, 7) is 1.66. The maximum atomic E-state index is 12.9. The van der Waals surface area contributed by atoms with Crippen molar-refractivity contribution in [3.8, 4) is 0 Å². The second kappa shape index (κ2) is 4.48. The van der Waals surface area contributed by atoms with Gasteiger partial charge in [-0.15, -0.1) is 0 Å². The second-order valence-corrected chi connectivity index (χ2v) is 4.33. The molecule has 0 saturated heterocycles.